The van der Waals surface area contributed by atoms with E-state index < -0.39 is 0 Å². The Balaban J connectivity index is 1.56. The van der Waals surface area contributed by atoms with E-state index in [-0.39, 0.29) is 0 Å². The van der Waals surface area contributed by atoms with E-state index in [9.17, 15) is 0 Å². The normalized spacial score (nSPS) is 14.9. The van der Waals surface area contributed by atoms with Gasteiger partial charge in [-0.25, -0.2) is 0 Å². The van der Waals surface area contributed by atoms with Gasteiger partial charge in [0.2, 0.25) is 0 Å². The Labute approximate surface area is 162 Å². The van der Waals surface area contributed by atoms with Crippen LogP contribution in [0.15, 0.2) is 42.5 Å². The molecule has 1 N–H and O–H groups in total. The molecular weight excluding hydrogens is 340 g/mol. The van der Waals surface area contributed by atoms with Crippen molar-refractivity contribution in [2.75, 3.05) is 46.5 Å². The summed E-state index contributed by atoms with van der Waals surface area (Å²) < 4.78 is 17.1. The Hall–Kier alpha value is -2.08. The molecule has 2 aromatic carbocycles. The minimum absolute atomic E-state index is 0.529. The molecule has 146 valence electrons. The van der Waals surface area contributed by atoms with Crippen LogP contribution in [0.2, 0.25) is 0 Å². The van der Waals surface area contributed by atoms with Crippen LogP contribution < -0.4 is 14.8 Å². The second kappa shape index (κ2) is 10.3. The molecule has 0 spiro atoms. The molecule has 1 aliphatic rings. The van der Waals surface area contributed by atoms with Crippen molar-refractivity contribution in [2.24, 2.45) is 0 Å². The Morgan fingerprint density at radius 1 is 1.07 bits per heavy atom. The SMILES string of the molecule is COc1cccc(CNCCN2CCOCC2)c1OCc1ccc(C)cc1. The first kappa shape index (κ1) is 19.7. The summed E-state index contributed by atoms with van der Waals surface area (Å²) in [6, 6.07) is 14.5. The summed E-state index contributed by atoms with van der Waals surface area (Å²) in [5.74, 6) is 1.59. The fourth-order valence-corrected chi connectivity index (χ4v) is 3.15. The van der Waals surface area contributed by atoms with Crippen LogP contribution in [0.5, 0.6) is 11.5 Å². The van der Waals surface area contributed by atoms with Crippen molar-refractivity contribution >= 4 is 0 Å². The van der Waals surface area contributed by atoms with Crippen LogP contribution in [0.4, 0.5) is 0 Å². The van der Waals surface area contributed by atoms with Crippen molar-refractivity contribution in [2.45, 2.75) is 20.1 Å². The lowest BCUT2D eigenvalue weighted by Gasteiger charge is -2.26. The standard InChI is InChI=1S/C22H30N2O3/c1-18-6-8-19(9-7-18)17-27-22-20(4-3-5-21(22)25-2)16-23-10-11-24-12-14-26-15-13-24/h3-9,23H,10-17H2,1-2H3. The van der Waals surface area contributed by atoms with Gasteiger partial charge in [-0.2, -0.15) is 0 Å². The fourth-order valence-electron chi connectivity index (χ4n) is 3.15. The van der Waals surface area contributed by atoms with Crippen LogP contribution >= 0.6 is 0 Å². The summed E-state index contributed by atoms with van der Waals surface area (Å²) in [4.78, 5) is 2.43. The van der Waals surface area contributed by atoms with E-state index in [2.05, 4.69) is 47.5 Å². The summed E-state index contributed by atoms with van der Waals surface area (Å²) in [5.41, 5.74) is 3.52. The molecule has 1 heterocycles. The topological polar surface area (TPSA) is 43.0 Å². The lowest BCUT2D eigenvalue weighted by atomic mass is 10.1. The number of hydrogen-bond donors (Lipinski definition) is 1. The van der Waals surface area contributed by atoms with Crippen LogP contribution in [0.1, 0.15) is 16.7 Å². The van der Waals surface area contributed by atoms with Crippen molar-refractivity contribution in [3.63, 3.8) is 0 Å². The number of hydrogen-bond acceptors (Lipinski definition) is 5. The lowest BCUT2D eigenvalue weighted by Crippen LogP contribution is -2.40. The number of aryl methyl sites for hydroxylation is 1. The van der Waals surface area contributed by atoms with Gasteiger partial charge in [0.15, 0.2) is 11.5 Å². The predicted molar refractivity (Wildman–Crippen MR) is 107 cm³/mol. The van der Waals surface area contributed by atoms with Gasteiger partial charge in [0.25, 0.3) is 0 Å². The van der Waals surface area contributed by atoms with Gasteiger partial charge in [-0.05, 0) is 18.6 Å². The summed E-state index contributed by atoms with van der Waals surface area (Å²) in [6.45, 7) is 9.07. The Bertz CT molecular complexity index is 697. The second-order valence-corrected chi connectivity index (χ2v) is 6.85. The van der Waals surface area contributed by atoms with Crippen LogP contribution in [-0.4, -0.2) is 51.4 Å². The molecule has 0 saturated carbocycles. The minimum atomic E-state index is 0.529. The summed E-state index contributed by atoms with van der Waals surface area (Å²) in [7, 11) is 1.68. The molecule has 0 aromatic heterocycles. The highest BCUT2D eigenvalue weighted by molar-refractivity contribution is 5.46. The number of para-hydroxylation sites is 1. The van der Waals surface area contributed by atoms with Crippen molar-refractivity contribution in [3.05, 3.63) is 59.2 Å². The minimum Gasteiger partial charge on any atom is -0.493 e. The average Bonchev–Trinajstić information content (AvgIpc) is 2.72. The molecule has 0 amide bonds. The van der Waals surface area contributed by atoms with E-state index in [0.29, 0.717) is 6.61 Å². The molecule has 0 radical (unpaired) electrons. The van der Waals surface area contributed by atoms with Gasteiger partial charge in [-0.1, -0.05) is 42.0 Å². The molecule has 5 nitrogen and oxygen atoms in total. The highest BCUT2D eigenvalue weighted by Crippen LogP contribution is 2.31. The predicted octanol–water partition coefficient (Wildman–Crippen LogP) is 3.00. The third-order valence-corrected chi connectivity index (χ3v) is 4.81. The monoisotopic (exact) mass is 370 g/mol. The maximum Gasteiger partial charge on any atom is 0.166 e. The number of rotatable bonds is 9. The Kier molecular flexibility index (Phi) is 7.51. The van der Waals surface area contributed by atoms with Crippen LogP contribution in [-0.2, 0) is 17.9 Å². The first-order valence-electron chi connectivity index (χ1n) is 9.61. The second-order valence-electron chi connectivity index (χ2n) is 6.85. The molecule has 2 aromatic rings. The van der Waals surface area contributed by atoms with E-state index >= 15 is 0 Å². The zero-order valence-electron chi connectivity index (χ0n) is 16.4. The highest BCUT2D eigenvalue weighted by Gasteiger charge is 2.12. The van der Waals surface area contributed by atoms with Crippen molar-refractivity contribution in [3.8, 4) is 11.5 Å². The van der Waals surface area contributed by atoms with Crippen molar-refractivity contribution in [1.29, 1.82) is 0 Å². The number of benzene rings is 2. The van der Waals surface area contributed by atoms with Crippen molar-refractivity contribution < 1.29 is 14.2 Å². The van der Waals surface area contributed by atoms with Gasteiger partial charge in [-0.15, -0.1) is 0 Å². The van der Waals surface area contributed by atoms with E-state index in [1.807, 2.05) is 12.1 Å². The fraction of sp³-hybridized carbons (Fsp3) is 0.455. The smallest absolute Gasteiger partial charge is 0.166 e. The van der Waals surface area contributed by atoms with Gasteiger partial charge in [0.1, 0.15) is 6.61 Å². The molecule has 0 aliphatic carbocycles. The summed E-state index contributed by atoms with van der Waals surface area (Å²) in [6.07, 6.45) is 0. The van der Waals surface area contributed by atoms with Crippen LogP contribution in [0.25, 0.3) is 0 Å². The molecule has 1 aliphatic heterocycles. The van der Waals surface area contributed by atoms with Gasteiger partial charge < -0.3 is 19.5 Å². The largest absolute Gasteiger partial charge is 0.493 e. The number of morpholine rings is 1. The number of nitrogens with one attached hydrogen (secondary N) is 1. The zero-order chi connectivity index (χ0) is 18.9. The molecule has 1 saturated heterocycles. The molecule has 3 rings (SSSR count). The molecular formula is C22H30N2O3. The quantitative estimate of drug-likeness (QED) is 0.688. The Morgan fingerprint density at radius 2 is 1.85 bits per heavy atom. The maximum atomic E-state index is 6.14. The summed E-state index contributed by atoms with van der Waals surface area (Å²) in [5, 5.41) is 3.53. The number of nitrogens with zero attached hydrogens (tertiary/aromatic N) is 1. The molecule has 0 bridgehead atoms. The van der Waals surface area contributed by atoms with E-state index in [1.54, 1.807) is 7.11 Å². The van der Waals surface area contributed by atoms with Gasteiger partial charge in [0, 0.05) is 38.3 Å². The van der Waals surface area contributed by atoms with Crippen LogP contribution in [0, 0.1) is 6.92 Å². The lowest BCUT2D eigenvalue weighted by molar-refractivity contribution is 0.0384. The molecule has 0 unspecified atom stereocenters. The third-order valence-electron chi connectivity index (χ3n) is 4.81. The number of ether oxygens (including phenoxy) is 3. The van der Waals surface area contributed by atoms with Gasteiger partial charge in [0.05, 0.1) is 20.3 Å². The van der Waals surface area contributed by atoms with E-state index in [1.165, 1.54) is 5.56 Å². The molecule has 0 atom stereocenters. The summed E-state index contributed by atoms with van der Waals surface area (Å²) >= 11 is 0. The van der Waals surface area contributed by atoms with Crippen LogP contribution in [0.3, 0.4) is 0 Å². The van der Waals surface area contributed by atoms with E-state index in [0.717, 1.165) is 68.6 Å². The maximum absolute atomic E-state index is 6.14. The van der Waals surface area contributed by atoms with E-state index in [4.69, 9.17) is 14.2 Å². The van der Waals surface area contributed by atoms with Crippen molar-refractivity contribution in [1.82, 2.24) is 10.2 Å². The first-order valence-corrected chi connectivity index (χ1v) is 9.61. The van der Waals surface area contributed by atoms with Gasteiger partial charge >= 0.3 is 0 Å². The highest BCUT2D eigenvalue weighted by atomic mass is 16.5. The Morgan fingerprint density at radius 3 is 2.59 bits per heavy atom. The molecule has 27 heavy (non-hydrogen) atoms. The molecule has 1 fully saturated rings. The molecule has 5 heteroatoms. The third kappa shape index (κ3) is 5.96. The van der Waals surface area contributed by atoms with Gasteiger partial charge in [-0.3, -0.25) is 4.90 Å². The number of methoxy groups -OCH3 is 1. The zero-order valence-corrected chi connectivity index (χ0v) is 16.4. The first-order chi connectivity index (χ1) is 13.3. The average molecular weight is 370 g/mol.